The first-order chi connectivity index (χ1) is 10.9. The molecule has 1 aliphatic heterocycles. The van der Waals surface area contributed by atoms with Gasteiger partial charge in [0, 0.05) is 32.4 Å². The Morgan fingerprint density at radius 2 is 2.17 bits per heavy atom. The zero-order chi connectivity index (χ0) is 17.0. The number of carbonyl (C=O) groups excluding carboxylic acids is 2. The number of likely N-dealkylation sites (tertiary alicyclic amines) is 1. The normalized spacial score (nSPS) is 17.3. The number of hydrogen-bond acceptors (Lipinski definition) is 3. The highest BCUT2D eigenvalue weighted by molar-refractivity contribution is 5.88. The topological polar surface area (TPSA) is 67.2 Å². The molecule has 1 aromatic heterocycles. The van der Waals surface area contributed by atoms with Gasteiger partial charge in [-0.15, -0.1) is 0 Å². The third-order valence-corrected chi connectivity index (χ3v) is 4.61. The monoisotopic (exact) mass is 318 g/mol. The van der Waals surface area contributed by atoms with Crippen LogP contribution >= 0.6 is 0 Å². The first kappa shape index (κ1) is 17.2. The summed E-state index contributed by atoms with van der Waals surface area (Å²) in [5, 5.41) is 7.39. The molecule has 6 nitrogen and oxygen atoms in total. The van der Waals surface area contributed by atoms with E-state index in [9.17, 15) is 9.59 Å². The van der Waals surface area contributed by atoms with Crippen LogP contribution in [-0.2, 0) is 23.1 Å². The zero-order valence-corrected chi connectivity index (χ0v) is 14.3. The minimum absolute atomic E-state index is 0.0454. The van der Waals surface area contributed by atoms with Gasteiger partial charge in [-0.1, -0.05) is 6.58 Å². The van der Waals surface area contributed by atoms with Gasteiger partial charge in [0.1, 0.15) is 0 Å². The van der Waals surface area contributed by atoms with E-state index < -0.39 is 0 Å². The van der Waals surface area contributed by atoms with Crippen molar-refractivity contribution in [2.75, 3.05) is 19.6 Å². The van der Waals surface area contributed by atoms with Crippen LogP contribution in [0.15, 0.2) is 12.7 Å². The molecule has 23 heavy (non-hydrogen) atoms. The average molecular weight is 318 g/mol. The van der Waals surface area contributed by atoms with Gasteiger partial charge in [0.15, 0.2) is 0 Å². The predicted octanol–water partition coefficient (Wildman–Crippen LogP) is 1.12. The summed E-state index contributed by atoms with van der Waals surface area (Å²) in [6, 6.07) is 0. The Balaban J connectivity index is 1.73. The first-order valence-electron chi connectivity index (χ1n) is 8.12. The van der Waals surface area contributed by atoms with Crippen LogP contribution in [0.5, 0.6) is 0 Å². The molecule has 6 heteroatoms. The van der Waals surface area contributed by atoms with Crippen molar-refractivity contribution in [1.29, 1.82) is 0 Å². The Hall–Kier alpha value is -2.11. The smallest absolute Gasteiger partial charge is 0.245 e. The average Bonchev–Trinajstić information content (AvgIpc) is 3.10. The molecular weight excluding hydrogens is 292 g/mol. The molecule has 2 heterocycles. The Labute approximate surface area is 137 Å². The molecule has 2 amide bonds. The van der Waals surface area contributed by atoms with Crippen LogP contribution < -0.4 is 5.32 Å². The molecular formula is C17H26N4O2. The maximum Gasteiger partial charge on any atom is 0.245 e. The number of hydrogen-bond donors (Lipinski definition) is 1. The second kappa shape index (κ2) is 7.44. The van der Waals surface area contributed by atoms with Gasteiger partial charge in [-0.2, -0.15) is 5.10 Å². The van der Waals surface area contributed by atoms with Crippen LogP contribution in [0.4, 0.5) is 0 Å². The zero-order valence-electron chi connectivity index (χ0n) is 14.3. The molecule has 0 radical (unpaired) electrons. The summed E-state index contributed by atoms with van der Waals surface area (Å²) in [6.45, 7) is 9.35. The number of aryl methyl sites for hydroxylation is 2. The molecule has 126 valence electrons. The summed E-state index contributed by atoms with van der Waals surface area (Å²) < 4.78 is 1.90. The standard InChI is InChI=1S/C17H26N4O2/c1-5-16(22)21-10-8-14(11-21)17(23)18-9-6-7-15-12(2)19-20(4)13(15)3/h5,14H,1,6-11H2,2-4H3,(H,18,23). The van der Waals surface area contributed by atoms with E-state index in [4.69, 9.17) is 0 Å². The fourth-order valence-corrected chi connectivity index (χ4v) is 3.10. The van der Waals surface area contributed by atoms with Crippen molar-refractivity contribution < 1.29 is 9.59 Å². The number of carbonyl (C=O) groups is 2. The van der Waals surface area contributed by atoms with E-state index in [-0.39, 0.29) is 17.7 Å². The van der Waals surface area contributed by atoms with Gasteiger partial charge in [0.2, 0.25) is 11.8 Å². The molecule has 1 atom stereocenters. The minimum atomic E-state index is -0.0965. The van der Waals surface area contributed by atoms with Gasteiger partial charge in [-0.25, -0.2) is 0 Å². The summed E-state index contributed by atoms with van der Waals surface area (Å²) in [7, 11) is 1.95. The molecule has 1 saturated heterocycles. The molecule has 1 fully saturated rings. The van der Waals surface area contributed by atoms with Crippen molar-refractivity contribution in [3.8, 4) is 0 Å². The van der Waals surface area contributed by atoms with E-state index in [1.54, 1.807) is 4.90 Å². The molecule has 1 aromatic rings. The lowest BCUT2D eigenvalue weighted by atomic mass is 10.1. The lowest BCUT2D eigenvalue weighted by Gasteiger charge is -2.14. The second-order valence-corrected chi connectivity index (χ2v) is 6.14. The van der Waals surface area contributed by atoms with Crippen molar-refractivity contribution in [3.63, 3.8) is 0 Å². The molecule has 1 unspecified atom stereocenters. The quantitative estimate of drug-likeness (QED) is 0.631. The SMILES string of the molecule is C=CC(=O)N1CCC(C(=O)NCCCc2c(C)nn(C)c2C)C1. The fraction of sp³-hybridized carbons (Fsp3) is 0.588. The van der Waals surface area contributed by atoms with E-state index in [0.717, 1.165) is 25.0 Å². The number of aromatic nitrogens is 2. The van der Waals surface area contributed by atoms with Gasteiger partial charge in [0.05, 0.1) is 11.6 Å². The molecule has 0 bridgehead atoms. The largest absolute Gasteiger partial charge is 0.356 e. The number of amides is 2. The van der Waals surface area contributed by atoms with Crippen LogP contribution in [0.2, 0.25) is 0 Å². The summed E-state index contributed by atoms with van der Waals surface area (Å²) in [5.41, 5.74) is 3.51. The lowest BCUT2D eigenvalue weighted by Crippen LogP contribution is -2.34. The molecule has 0 aliphatic carbocycles. The number of rotatable bonds is 6. The summed E-state index contributed by atoms with van der Waals surface area (Å²) in [5.74, 6) is -0.146. The molecule has 2 rings (SSSR count). The van der Waals surface area contributed by atoms with Crippen LogP contribution in [-0.4, -0.2) is 46.1 Å². The van der Waals surface area contributed by atoms with Crippen LogP contribution in [0.1, 0.15) is 29.8 Å². The van der Waals surface area contributed by atoms with Crippen LogP contribution in [0, 0.1) is 19.8 Å². The highest BCUT2D eigenvalue weighted by Gasteiger charge is 2.29. The van der Waals surface area contributed by atoms with Gasteiger partial charge >= 0.3 is 0 Å². The van der Waals surface area contributed by atoms with Crippen LogP contribution in [0.3, 0.4) is 0 Å². The predicted molar refractivity (Wildman–Crippen MR) is 88.9 cm³/mol. The third kappa shape index (κ3) is 4.00. The molecule has 0 spiro atoms. The van der Waals surface area contributed by atoms with Crippen molar-refractivity contribution in [3.05, 3.63) is 29.6 Å². The van der Waals surface area contributed by atoms with Gasteiger partial charge in [-0.05, 0) is 44.7 Å². The van der Waals surface area contributed by atoms with E-state index in [1.165, 1.54) is 17.3 Å². The van der Waals surface area contributed by atoms with Crippen molar-refractivity contribution in [2.24, 2.45) is 13.0 Å². The van der Waals surface area contributed by atoms with Crippen molar-refractivity contribution in [2.45, 2.75) is 33.1 Å². The third-order valence-electron chi connectivity index (χ3n) is 4.61. The summed E-state index contributed by atoms with van der Waals surface area (Å²) in [6.07, 6.45) is 3.84. The molecule has 1 aliphatic rings. The first-order valence-corrected chi connectivity index (χ1v) is 8.12. The Morgan fingerprint density at radius 3 is 2.78 bits per heavy atom. The van der Waals surface area contributed by atoms with Gasteiger partial charge < -0.3 is 10.2 Å². The van der Waals surface area contributed by atoms with Crippen molar-refractivity contribution in [1.82, 2.24) is 20.0 Å². The number of nitrogens with one attached hydrogen (secondary N) is 1. The Kier molecular flexibility index (Phi) is 5.58. The van der Waals surface area contributed by atoms with Gasteiger partial charge in [0.25, 0.3) is 0 Å². The molecule has 0 saturated carbocycles. The summed E-state index contributed by atoms with van der Waals surface area (Å²) >= 11 is 0. The number of nitrogens with zero attached hydrogens (tertiary/aromatic N) is 3. The van der Waals surface area contributed by atoms with E-state index in [1.807, 2.05) is 18.7 Å². The van der Waals surface area contributed by atoms with Crippen LogP contribution in [0.25, 0.3) is 0 Å². The fourth-order valence-electron chi connectivity index (χ4n) is 3.10. The van der Waals surface area contributed by atoms with E-state index >= 15 is 0 Å². The van der Waals surface area contributed by atoms with E-state index in [0.29, 0.717) is 19.6 Å². The van der Waals surface area contributed by atoms with E-state index in [2.05, 4.69) is 23.9 Å². The lowest BCUT2D eigenvalue weighted by molar-refractivity contribution is -0.126. The molecule has 0 aromatic carbocycles. The molecule has 1 N–H and O–H groups in total. The maximum atomic E-state index is 12.2. The second-order valence-electron chi connectivity index (χ2n) is 6.14. The summed E-state index contributed by atoms with van der Waals surface area (Å²) in [4.78, 5) is 25.4. The highest BCUT2D eigenvalue weighted by atomic mass is 16.2. The highest BCUT2D eigenvalue weighted by Crippen LogP contribution is 2.17. The minimum Gasteiger partial charge on any atom is -0.356 e. The Morgan fingerprint density at radius 1 is 1.43 bits per heavy atom. The Bertz CT molecular complexity index is 606. The van der Waals surface area contributed by atoms with Gasteiger partial charge in [-0.3, -0.25) is 14.3 Å². The maximum absolute atomic E-state index is 12.2. The van der Waals surface area contributed by atoms with Crippen molar-refractivity contribution >= 4 is 11.8 Å².